The van der Waals surface area contributed by atoms with Gasteiger partial charge in [0.1, 0.15) is 0 Å². The Balaban J connectivity index is 1.52. The number of anilines is 1. The molecule has 1 heterocycles. The van der Waals surface area contributed by atoms with E-state index in [9.17, 15) is 18.3 Å². The maximum absolute atomic E-state index is 13.3. The molecule has 0 bridgehead atoms. The molecule has 1 unspecified atom stereocenters. The average Bonchev–Trinajstić information content (AvgIpc) is 3.68. The number of carbonyl (C=O) groups is 1. The van der Waals surface area contributed by atoms with Gasteiger partial charge in [0.05, 0.1) is 16.2 Å². The van der Waals surface area contributed by atoms with Crippen molar-refractivity contribution in [2.45, 2.75) is 67.1 Å². The molecule has 0 saturated heterocycles. The van der Waals surface area contributed by atoms with Crippen molar-refractivity contribution in [2.24, 2.45) is 13.0 Å². The zero-order valence-electron chi connectivity index (χ0n) is 18.2. The molecule has 5 rings (SSSR count). The number of benzene rings is 1. The number of hydrogen-bond donors (Lipinski definition) is 2. The summed E-state index contributed by atoms with van der Waals surface area (Å²) in [7, 11) is -1.52. The standard InChI is InChI=1S/C24H29N3O4S/c1-27-11-10-23(26-27)25-24(29)21(13-15-2-6-18(28)12-15)17-5-9-22(20(14-17)16-3-4-16)32(30,31)19-7-8-19/h5,9-11,13-16,18-19,28H,2-4,6-8,12H2,1H3,(H,25,26,29)/t15?,18-/m0/s1. The van der Waals surface area contributed by atoms with Crippen LogP contribution >= 0.6 is 0 Å². The third-order valence-corrected chi connectivity index (χ3v) is 8.99. The van der Waals surface area contributed by atoms with Crippen molar-refractivity contribution < 1.29 is 18.3 Å². The van der Waals surface area contributed by atoms with Gasteiger partial charge in [-0.05, 0) is 80.0 Å². The second kappa shape index (κ2) is 8.15. The van der Waals surface area contributed by atoms with Crippen LogP contribution in [-0.2, 0) is 21.7 Å². The number of aliphatic hydroxyl groups excluding tert-OH is 1. The molecule has 1 amide bonds. The molecular weight excluding hydrogens is 426 g/mol. The molecule has 7 nitrogen and oxygen atoms in total. The second-order valence-electron chi connectivity index (χ2n) is 9.41. The van der Waals surface area contributed by atoms with E-state index in [2.05, 4.69) is 10.4 Å². The summed E-state index contributed by atoms with van der Waals surface area (Å²) in [6.45, 7) is 0. The molecule has 2 aromatic rings. The van der Waals surface area contributed by atoms with Crippen molar-refractivity contribution in [3.05, 3.63) is 47.7 Å². The summed E-state index contributed by atoms with van der Waals surface area (Å²) < 4.78 is 27.6. The third-order valence-electron chi connectivity index (χ3n) is 6.66. The predicted octanol–water partition coefficient (Wildman–Crippen LogP) is 3.42. The molecule has 2 atom stereocenters. The number of sulfone groups is 1. The number of aryl methyl sites for hydroxylation is 1. The van der Waals surface area contributed by atoms with Crippen LogP contribution in [0.5, 0.6) is 0 Å². The number of nitrogens with one attached hydrogen (secondary N) is 1. The quantitative estimate of drug-likeness (QED) is 0.623. The Morgan fingerprint density at radius 3 is 2.53 bits per heavy atom. The van der Waals surface area contributed by atoms with Crippen LogP contribution < -0.4 is 5.32 Å². The Labute approximate surface area is 188 Å². The maximum atomic E-state index is 13.3. The lowest BCUT2D eigenvalue weighted by atomic mass is 9.95. The molecule has 0 radical (unpaired) electrons. The van der Waals surface area contributed by atoms with Gasteiger partial charge < -0.3 is 10.4 Å². The smallest absolute Gasteiger partial charge is 0.257 e. The maximum Gasteiger partial charge on any atom is 0.257 e. The number of allylic oxidation sites excluding steroid dienone is 1. The summed E-state index contributed by atoms with van der Waals surface area (Å²) in [4.78, 5) is 13.7. The van der Waals surface area contributed by atoms with E-state index < -0.39 is 9.84 Å². The Morgan fingerprint density at radius 2 is 1.94 bits per heavy atom. The monoisotopic (exact) mass is 455 g/mol. The first-order valence-corrected chi connectivity index (χ1v) is 12.9. The van der Waals surface area contributed by atoms with Gasteiger partial charge in [0.25, 0.3) is 5.91 Å². The highest BCUT2D eigenvalue weighted by Gasteiger charge is 2.40. The fraction of sp³-hybridized carbons (Fsp3) is 0.500. The predicted molar refractivity (Wildman–Crippen MR) is 122 cm³/mol. The first kappa shape index (κ1) is 21.4. The summed E-state index contributed by atoms with van der Waals surface area (Å²) in [6.07, 6.45) is 8.95. The largest absolute Gasteiger partial charge is 0.393 e. The molecule has 1 aromatic heterocycles. The van der Waals surface area contributed by atoms with Gasteiger partial charge in [-0.25, -0.2) is 8.42 Å². The number of hydrogen-bond acceptors (Lipinski definition) is 5. The van der Waals surface area contributed by atoms with Crippen LogP contribution in [0.15, 0.2) is 41.4 Å². The number of rotatable bonds is 7. The van der Waals surface area contributed by atoms with E-state index in [4.69, 9.17) is 0 Å². The number of aromatic nitrogens is 2. The SMILES string of the molecule is Cn1ccc(NC(=O)C(=CC2CC[C@H](O)C2)c2ccc(S(=O)(=O)C3CC3)c(C3CC3)c2)n1. The van der Waals surface area contributed by atoms with E-state index >= 15 is 0 Å². The summed E-state index contributed by atoms with van der Waals surface area (Å²) in [6, 6.07) is 7.09. The Hall–Kier alpha value is -2.45. The van der Waals surface area contributed by atoms with Gasteiger partial charge in [-0.2, -0.15) is 5.10 Å². The second-order valence-corrected chi connectivity index (χ2v) is 11.6. The molecule has 3 aliphatic rings. The van der Waals surface area contributed by atoms with Crippen molar-refractivity contribution in [1.82, 2.24) is 9.78 Å². The Kier molecular flexibility index (Phi) is 5.45. The van der Waals surface area contributed by atoms with Gasteiger partial charge >= 0.3 is 0 Å². The molecule has 1 aromatic carbocycles. The van der Waals surface area contributed by atoms with Crippen LogP contribution in [0.3, 0.4) is 0 Å². The van der Waals surface area contributed by atoms with Crippen LogP contribution in [0.1, 0.15) is 62.0 Å². The lowest BCUT2D eigenvalue weighted by Gasteiger charge is -2.15. The van der Waals surface area contributed by atoms with Crippen LogP contribution in [0.2, 0.25) is 0 Å². The third kappa shape index (κ3) is 4.38. The van der Waals surface area contributed by atoms with Crippen LogP contribution in [0.25, 0.3) is 5.57 Å². The highest BCUT2D eigenvalue weighted by Crippen LogP contribution is 2.46. The van der Waals surface area contributed by atoms with E-state index in [1.807, 2.05) is 12.1 Å². The fourth-order valence-electron chi connectivity index (χ4n) is 4.59. The molecule has 3 aliphatic carbocycles. The zero-order chi connectivity index (χ0) is 22.5. The molecule has 0 aliphatic heterocycles. The summed E-state index contributed by atoms with van der Waals surface area (Å²) in [5, 5.41) is 16.8. The highest BCUT2D eigenvalue weighted by atomic mass is 32.2. The molecule has 8 heteroatoms. The normalized spacial score (nSPS) is 24.0. The van der Waals surface area contributed by atoms with Crippen LogP contribution in [-0.4, -0.2) is 40.6 Å². The molecule has 32 heavy (non-hydrogen) atoms. The van der Waals surface area contributed by atoms with Gasteiger partial charge in [-0.1, -0.05) is 12.1 Å². The van der Waals surface area contributed by atoms with Gasteiger partial charge in [0, 0.05) is 24.9 Å². The molecule has 3 fully saturated rings. The fourth-order valence-corrected chi connectivity index (χ4v) is 6.52. The molecule has 0 spiro atoms. The highest BCUT2D eigenvalue weighted by molar-refractivity contribution is 7.92. The first-order chi connectivity index (χ1) is 15.3. The van der Waals surface area contributed by atoms with E-state index in [1.54, 1.807) is 36.1 Å². The summed E-state index contributed by atoms with van der Waals surface area (Å²) >= 11 is 0. The van der Waals surface area contributed by atoms with E-state index in [-0.39, 0.29) is 29.1 Å². The van der Waals surface area contributed by atoms with Gasteiger partial charge in [-0.3, -0.25) is 9.48 Å². The number of aliphatic hydroxyl groups is 1. The molecule has 170 valence electrons. The minimum Gasteiger partial charge on any atom is -0.393 e. The van der Waals surface area contributed by atoms with Crippen molar-refractivity contribution in [3.63, 3.8) is 0 Å². The van der Waals surface area contributed by atoms with Crippen LogP contribution in [0, 0.1) is 5.92 Å². The van der Waals surface area contributed by atoms with E-state index in [1.165, 1.54) is 0 Å². The Morgan fingerprint density at radius 1 is 1.16 bits per heavy atom. The van der Waals surface area contributed by atoms with Gasteiger partial charge in [-0.15, -0.1) is 0 Å². The zero-order valence-corrected chi connectivity index (χ0v) is 19.0. The topological polar surface area (TPSA) is 101 Å². The van der Waals surface area contributed by atoms with Crippen LogP contribution in [0.4, 0.5) is 5.82 Å². The average molecular weight is 456 g/mol. The van der Waals surface area contributed by atoms with E-state index in [0.29, 0.717) is 22.7 Å². The lowest BCUT2D eigenvalue weighted by molar-refractivity contribution is -0.111. The summed E-state index contributed by atoms with van der Waals surface area (Å²) in [5.41, 5.74) is 2.07. The Bertz CT molecular complexity index is 1180. The van der Waals surface area contributed by atoms with Gasteiger partial charge in [0.2, 0.25) is 0 Å². The van der Waals surface area contributed by atoms with Gasteiger partial charge in [0.15, 0.2) is 15.7 Å². The lowest BCUT2D eigenvalue weighted by Crippen LogP contribution is -2.16. The minimum atomic E-state index is -3.31. The molecule has 2 N–H and O–H groups in total. The van der Waals surface area contributed by atoms with Crippen molar-refractivity contribution >= 4 is 27.1 Å². The molecule has 3 saturated carbocycles. The number of carbonyl (C=O) groups excluding carboxylic acids is 1. The first-order valence-electron chi connectivity index (χ1n) is 11.4. The van der Waals surface area contributed by atoms with Crippen molar-refractivity contribution in [2.75, 3.05) is 5.32 Å². The summed E-state index contributed by atoms with van der Waals surface area (Å²) in [5.74, 6) is 0.537. The minimum absolute atomic E-state index is 0.105. The van der Waals surface area contributed by atoms with E-state index in [0.717, 1.165) is 49.7 Å². The van der Waals surface area contributed by atoms with Crippen molar-refractivity contribution in [1.29, 1.82) is 0 Å². The van der Waals surface area contributed by atoms with Crippen molar-refractivity contribution in [3.8, 4) is 0 Å². The number of amides is 1. The molecular formula is C24H29N3O4S. The number of nitrogens with zero attached hydrogens (tertiary/aromatic N) is 2.